The number of sulfonamides is 1. The van der Waals surface area contributed by atoms with E-state index in [4.69, 9.17) is 5.73 Å². The third kappa shape index (κ3) is 3.50. The first kappa shape index (κ1) is 15.3. The van der Waals surface area contributed by atoms with E-state index < -0.39 is 10.0 Å². The zero-order valence-electron chi connectivity index (χ0n) is 12.1. The van der Waals surface area contributed by atoms with Gasteiger partial charge in [-0.25, -0.2) is 13.1 Å². The summed E-state index contributed by atoms with van der Waals surface area (Å²) in [6.45, 7) is 7.50. The molecular weight excluding hydrogens is 274 g/mol. The number of aryl methyl sites for hydroxylation is 1. The maximum Gasteiger partial charge on any atom is 0.240 e. The minimum atomic E-state index is -3.44. The highest BCUT2D eigenvalue weighted by Gasteiger charge is 2.23. The monoisotopic (exact) mass is 297 g/mol. The van der Waals surface area contributed by atoms with Crippen molar-refractivity contribution < 1.29 is 8.42 Å². The normalized spacial score (nSPS) is 20.4. The molecule has 3 N–H and O–H groups in total. The average molecular weight is 297 g/mol. The van der Waals surface area contributed by atoms with Crippen LogP contribution in [-0.4, -0.2) is 39.5 Å². The van der Waals surface area contributed by atoms with E-state index in [2.05, 4.69) is 16.5 Å². The molecule has 0 bridgehead atoms. The number of nitrogens with zero attached hydrogens (tertiary/aromatic N) is 1. The van der Waals surface area contributed by atoms with Crippen LogP contribution in [0.1, 0.15) is 18.9 Å². The Hall–Kier alpha value is -1.11. The molecule has 1 atom stereocenters. The van der Waals surface area contributed by atoms with E-state index in [1.807, 2.05) is 6.92 Å². The summed E-state index contributed by atoms with van der Waals surface area (Å²) in [5.74, 6) is 0.402. The van der Waals surface area contributed by atoms with Gasteiger partial charge in [0.25, 0.3) is 0 Å². The average Bonchev–Trinajstić information content (AvgIpc) is 2.87. The first-order chi connectivity index (χ1) is 9.42. The Morgan fingerprint density at radius 3 is 2.80 bits per heavy atom. The minimum absolute atomic E-state index is 0.287. The van der Waals surface area contributed by atoms with E-state index >= 15 is 0 Å². The number of rotatable bonds is 5. The van der Waals surface area contributed by atoms with E-state index in [0.29, 0.717) is 18.2 Å². The van der Waals surface area contributed by atoms with Crippen LogP contribution in [0.4, 0.5) is 5.69 Å². The molecule has 2 rings (SSSR count). The van der Waals surface area contributed by atoms with Crippen molar-refractivity contribution in [3.63, 3.8) is 0 Å². The Bertz CT molecular complexity index is 572. The zero-order chi connectivity index (χ0) is 14.8. The standard InChI is InChI=1S/C14H23N3O2S/c1-3-17-7-6-12(10-17)9-16-20(18,19)13-4-5-14(15)11(2)8-13/h4-5,8,12,16H,3,6-7,9-10,15H2,1-2H3. The molecule has 1 fully saturated rings. The molecule has 0 spiro atoms. The minimum Gasteiger partial charge on any atom is -0.399 e. The van der Waals surface area contributed by atoms with Crippen molar-refractivity contribution in [2.45, 2.75) is 25.2 Å². The van der Waals surface area contributed by atoms with Crippen LogP contribution in [0.5, 0.6) is 0 Å². The van der Waals surface area contributed by atoms with Crippen LogP contribution in [0.25, 0.3) is 0 Å². The Morgan fingerprint density at radius 2 is 2.20 bits per heavy atom. The number of hydrogen-bond acceptors (Lipinski definition) is 4. The number of likely N-dealkylation sites (tertiary alicyclic amines) is 1. The first-order valence-electron chi connectivity index (χ1n) is 7.00. The van der Waals surface area contributed by atoms with Crippen LogP contribution in [-0.2, 0) is 10.0 Å². The molecule has 0 radical (unpaired) electrons. The number of anilines is 1. The Labute approximate surface area is 121 Å². The maximum absolute atomic E-state index is 12.2. The zero-order valence-corrected chi connectivity index (χ0v) is 12.9. The molecule has 0 aliphatic carbocycles. The van der Waals surface area contributed by atoms with Gasteiger partial charge in [0, 0.05) is 18.8 Å². The van der Waals surface area contributed by atoms with Gasteiger partial charge in [-0.2, -0.15) is 0 Å². The molecule has 1 unspecified atom stereocenters. The van der Waals surface area contributed by atoms with Gasteiger partial charge in [-0.15, -0.1) is 0 Å². The van der Waals surface area contributed by atoms with Crippen molar-refractivity contribution in [3.05, 3.63) is 23.8 Å². The summed E-state index contributed by atoms with van der Waals surface area (Å²) >= 11 is 0. The summed E-state index contributed by atoms with van der Waals surface area (Å²) in [6, 6.07) is 4.81. The molecule has 20 heavy (non-hydrogen) atoms. The third-order valence-electron chi connectivity index (χ3n) is 3.93. The van der Waals surface area contributed by atoms with Crippen molar-refractivity contribution in [2.75, 3.05) is 31.9 Å². The maximum atomic E-state index is 12.2. The largest absolute Gasteiger partial charge is 0.399 e. The number of nitrogens with two attached hydrogens (primary N) is 1. The van der Waals surface area contributed by atoms with Crippen molar-refractivity contribution in [1.29, 1.82) is 0 Å². The van der Waals surface area contributed by atoms with Crippen LogP contribution in [0.2, 0.25) is 0 Å². The fraction of sp³-hybridized carbons (Fsp3) is 0.571. The van der Waals surface area contributed by atoms with Crippen molar-refractivity contribution in [2.24, 2.45) is 5.92 Å². The Balaban J connectivity index is 1.99. The topological polar surface area (TPSA) is 75.4 Å². The van der Waals surface area contributed by atoms with Gasteiger partial charge in [-0.1, -0.05) is 6.92 Å². The molecule has 1 heterocycles. The number of hydrogen-bond donors (Lipinski definition) is 2. The molecule has 0 amide bonds. The van der Waals surface area contributed by atoms with Gasteiger partial charge in [0.15, 0.2) is 0 Å². The van der Waals surface area contributed by atoms with Crippen molar-refractivity contribution in [3.8, 4) is 0 Å². The summed E-state index contributed by atoms with van der Waals surface area (Å²) in [7, 11) is -3.44. The number of nitrogen functional groups attached to an aromatic ring is 1. The second kappa shape index (κ2) is 6.11. The lowest BCUT2D eigenvalue weighted by Crippen LogP contribution is -2.31. The number of nitrogens with one attached hydrogen (secondary N) is 1. The van der Waals surface area contributed by atoms with E-state index in [-0.39, 0.29) is 4.90 Å². The first-order valence-corrected chi connectivity index (χ1v) is 8.49. The lowest BCUT2D eigenvalue weighted by Gasteiger charge is -2.14. The van der Waals surface area contributed by atoms with Gasteiger partial charge in [-0.05, 0) is 56.1 Å². The molecule has 0 saturated carbocycles. The molecule has 1 aromatic rings. The highest BCUT2D eigenvalue weighted by molar-refractivity contribution is 7.89. The molecule has 5 nitrogen and oxygen atoms in total. The predicted molar refractivity (Wildman–Crippen MR) is 81.0 cm³/mol. The summed E-state index contributed by atoms with van der Waals surface area (Å²) in [6.07, 6.45) is 1.05. The summed E-state index contributed by atoms with van der Waals surface area (Å²) in [4.78, 5) is 2.63. The van der Waals surface area contributed by atoms with Gasteiger partial charge in [0.2, 0.25) is 10.0 Å². The van der Waals surface area contributed by atoms with Crippen LogP contribution in [0.3, 0.4) is 0 Å². The summed E-state index contributed by atoms with van der Waals surface area (Å²) in [5, 5.41) is 0. The highest BCUT2D eigenvalue weighted by Crippen LogP contribution is 2.18. The van der Waals surface area contributed by atoms with Crippen LogP contribution >= 0.6 is 0 Å². The van der Waals surface area contributed by atoms with E-state index in [0.717, 1.165) is 31.6 Å². The Morgan fingerprint density at radius 1 is 1.45 bits per heavy atom. The van der Waals surface area contributed by atoms with Crippen LogP contribution in [0.15, 0.2) is 23.1 Å². The smallest absolute Gasteiger partial charge is 0.240 e. The second-order valence-corrected chi connectivity index (χ2v) is 7.19. The lowest BCUT2D eigenvalue weighted by atomic mass is 10.1. The summed E-state index contributed by atoms with van der Waals surface area (Å²) < 4.78 is 27.2. The van der Waals surface area contributed by atoms with Crippen molar-refractivity contribution in [1.82, 2.24) is 9.62 Å². The van der Waals surface area contributed by atoms with Gasteiger partial charge >= 0.3 is 0 Å². The molecule has 112 valence electrons. The van der Waals surface area contributed by atoms with E-state index in [9.17, 15) is 8.42 Å². The molecule has 1 aliphatic rings. The second-order valence-electron chi connectivity index (χ2n) is 5.42. The molecular formula is C14H23N3O2S. The molecule has 0 aromatic heterocycles. The molecule has 6 heteroatoms. The molecule has 1 saturated heterocycles. The fourth-order valence-electron chi connectivity index (χ4n) is 2.49. The quantitative estimate of drug-likeness (QED) is 0.801. The van der Waals surface area contributed by atoms with Crippen LogP contribution in [0, 0.1) is 12.8 Å². The van der Waals surface area contributed by atoms with Crippen molar-refractivity contribution >= 4 is 15.7 Å². The predicted octanol–water partition coefficient (Wildman–Crippen LogP) is 1.20. The van der Waals surface area contributed by atoms with Gasteiger partial charge in [0.05, 0.1) is 4.90 Å². The Kier molecular flexibility index (Phi) is 4.67. The van der Waals surface area contributed by atoms with Gasteiger partial charge in [-0.3, -0.25) is 0 Å². The van der Waals surface area contributed by atoms with Gasteiger partial charge < -0.3 is 10.6 Å². The number of benzene rings is 1. The lowest BCUT2D eigenvalue weighted by molar-refractivity contribution is 0.342. The van der Waals surface area contributed by atoms with Gasteiger partial charge in [0.1, 0.15) is 0 Å². The van der Waals surface area contributed by atoms with Crippen LogP contribution < -0.4 is 10.5 Å². The molecule has 1 aliphatic heterocycles. The summed E-state index contributed by atoms with van der Waals surface area (Å²) in [5.41, 5.74) is 7.11. The van der Waals surface area contributed by atoms with E-state index in [1.165, 1.54) is 0 Å². The SMILES string of the molecule is CCN1CCC(CNS(=O)(=O)c2ccc(N)c(C)c2)C1. The highest BCUT2D eigenvalue weighted by atomic mass is 32.2. The van der Waals surface area contributed by atoms with E-state index in [1.54, 1.807) is 18.2 Å². The third-order valence-corrected chi connectivity index (χ3v) is 5.35. The fourth-order valence-corrected chi connectivity index (χ4v) is 3.69. The molecule has 1 aromatic carbocycles.